The van der Waals surface area contributed by atoms with Crippen LogP contribution in [-0.2, 0) is 9.59 Å². The molecule has 7 nitrogen and oxygen atoms in total. The van der Waals surface area contributed by atoms with Crippen molar-refractivity contribution in [3.8, 4) is 5.75 Å². The van der Waals surface area contributed by atoms with E-state index in [-0.39, 0.29) is 24.3 Å². The molecule has 0 radical (unpaired) electrons. The zero-order valence-corrected chi connectivity index (χ0v) is 21.9. The number of carbonyl (C=O) groups excluding carboxylic acids is 2. The van der Waals surface area contributed by atoms with Crippen LogP contribution in [0.25, 0.3) is 0 Å². The van der Waals surface area contributed by atoms with Gasteiger partial charge >= 0.3 is 0 Å². The van der Waals surface area contributed by atoms with Crippen molar-refractivity contribution in [1.82, 2.24) is 5.01 Å². The van der Waals surface area contributed by atoms with Crippen LogP contribution in [0.3, 0.4) is 0 Å². The lowest BCUT2D eigenvalue weighted by Crippen LogP contribution is -2.25. The second-order valence-electron chi connectivity index (χ2n) is 8.85. The molecule has 0 aliphatic carbocycles. The number of aliphatic imine (C=N–C) groups is 1. The van der Waals surface area contributed by atoms with Crippen LogP contribution in [0.1, 0.15) is 35.6 Å². The molecular weight excluding hydrogens is 508 g/mol. The minimum absolute atomic E-state index is 0.00668. The number of hydrogen-bond acceptors (Lipinski definition) is 6. The number of benzene rings is 3. The van der Waals surface area contributed by atoms with Crippen LogP contribution in [0, 0.1) is 6.92 Å². The van der Waals surface area contributed by atoms with Crippen LogP contribution >= 0.6 is 23.4 Å². The van der Waals surface area contributed by atoms with Gasteiger partial charge in [0.05, 0.1) is 18.9 Å². The maximum absolute atomic E-state index is 12.8. The minimum atomic E-state index is -0.619. The summed E-state index contributed by atoms with van der Waals surface area (Å²) in [6.45, 7) is 2.04. The first-order valence-electron chi connectivity index (χ1n) is 11.8. The Morgan fingerprint density at radius 1 is 1.14 bits per heavy atom. The highest BCUT2D eigenvalue weighted by molar-refractivity contribution is 8.15. The summed E-state index contributed by atoms with van der Waals surface area (Å²) >= 11 is 7.56. The highest BCUT2D eigenvalue weighted by Crippen LogP contribution is 2.39. The Morgan fingerprint density at radius 3 is 2.59 bits per heavy atom. The summed E-state index contributed by atoms with van der Waals surface area (Å²) in [5.74, 6) is 0.0980. The lowest BCUT2D eigenvalue weighted by atomic mass is 9.98. The highest BCUT2D eigenvalue weighted by Gasteiger charge is 2.39. The summed E-state index contributed by atoms with van der Waals surface area (Å²) in [4.78, 5) is 29.8. The molecule has 3 aromatic carbocycles. The van der Waals surface area contributed by atoms with Crippen LogP contribution in [0.4, 0.5) is 5.69 Å². The molecule has 0 saturated carbocycles. The summed E-state index contributed by atoms with van der Waals surface area (Å²) in [7, 11) is 1.58. The number of hydrazone groups is 1. The van der Waals surface area contributed by atoms with Crippen molar-refractivity contribution in [2.75, 3.05) is 12.4 Å². The van der Waals surface area contributed by atoms with Gasteiger partial charge in [0.15, 0.2) is 5.17 Å². The molecule has 0 bridgehead atoms. The van der Waals surface area contributed by atoms with Crippen molar-refractivity contribution in [2.24, 2.45) is 10.1 Å². The number of ether oxygens (including phenoxy) is 1. The predicted octanol–water partition coefficient (Wildman–Crippen LogP) is 5.83. The monoisotopic (exact) mass is 532 g/mol. The normalized spacial score (nSPS) is 19.0. The molecule has 2 atom stereocenters. The van der Waals surface area contributed by atoms with Crippen LogP contribution in [0.15, 0.2) is 82.9 Å². The number of aryl methyl sites for hydroxylation is 1. The summed E-state index contributed by atoms with van der Waals surface area (Å²) in [6, 6.07) is 22.7. The van der Waals surface area contributed by atoms with Gasteiger partial charge < -0.3 is 10.1 Å². The SMILES string of the molecule is COc1ccc(NC(=O)C[C@H]2SC(N3N=C(c4ccc(C)cc4)C[C@H]3c3cccc(Cl)c3)=NC2=O)cc1. The molecule has 37 heavy (non-hydrogen) atoms. The van der Waals surface area contributed by atoms with E-state index in [1.807, 2.05) is 43.3 Å². The summed E-state index contributed by atoms with van der Waals surface area (Å²) in [5, 5.41) is 10.0. The molecule has 188 valence electrons. The fourth-order valence-corrected chi connectivity index (χ4v) is 5.50. The molecule has 0 unspecified atom stereocenters. The Hall–Kier alpha value is -3.62. The average Bonchev–Trinajstić information content (AvgIpc) is 3.49. The zero-order chi connectivity index (χ0) is 25.9. The maximum atomic E-state index is 12.8. The minimum Gasteiger partial charge on any atom is -0.497 e. The van der Waals surface area contributed by atoms with Gasteiger partial charge in [-0.05, 0) is 54.4 Å². The third-order valence-corrected chi connectivity index (χ3v) is 7.58. The number of amides is 2. The van der Waals surface area contributed by atoms with Gasteiger partial charge in [-0.15, -0.1) is 0 Å². The molecule has 9 heteroatoms. The van der Waals surface area contributed by atoms with Gasteiger partial charge in [0.2, 0.25) is 5.91 Å². The number of nitrogens with one attached hydrogen (secondary N) is 1. The standard InChI is InChI=1S/C28H25ClN4O3S/c1-17-6-8-18(9-7-17)23-15-24(19-4-3-5-20(29)14-19)33(32-23)28-31-27(35)25(37-28)16-26(34)30-21-10-12-22(36-2)13-11-21/h3-14,24-25H,15-16H2,1-2H3,(H,30,34)/t24-,25+/m0/s1. The van der Waals surface area contributed by atoms with E-state index in [4.69, 9.17) is 21.4 Å². The van der Waals surface area contributed by atoms with Crippen LogP contribution < -0.4 is 10.1 Å². The van der Waals surface area contributed by atoms with E-state index >= 15 is 0 Å². The van der Waals surface area contributed by atoms with Crippen LogP contribution in [-0.4, -0.2) is 40.1 Å². The van der Waals surface area contributed by atoms with E-state index in [9.17, 15) is 9.59 Å². The van der Waals surface area contributed by atoms with Gasteiger partial charge in [0, 0.05) is 23.6 Å². The number of anilines is 1. The number of nitrogens with zero attached hydrogens (tertiary/aromatic N) is 3. The lowest BCUT2D eigenvalue weighted by molar-refractivity contribution is -0.121. The fourth-order valence-electron chi connectivity index (χ4n) is 4.24. The van der Waals surface area contributed by atoms with E-state index in [0.29, 0.717) is 28.0 Å². The number of hydrogen-bond donors (Lipinski definition) is 1. The number of rotatable bonds is 6. The number of methoxy groups -OCH3 is 1. The van der Waals surface area contributed by atoms with Gasteiger partial charge in [-0.2, -0.15) is 10.1 Å². The molecule has 3 aromatic rings. The number of amidine groups is 1. The third-order valence-electron chi connectivity index (χ3n) is 6.20. The number of halogens is 1. The van der Waals surface area contributed by atoms with Gasteiger partial charge in [-0.25, -0.2) is 5.01 Å². The van der Waals surface area contributed by atoms with Crippen LogP contribution in [0.2, 0.25) is 5.02 Å². The second kappa shape index (κ2) is 10.8. The molecule has 1 N–H and O–H groups in total. The Bertz CT molecular complexity index is 1390. The van der Waals surface area contributed by atoms with E-state index in [1.54, 1.807) is 36.4 Å². The first kappa shape index (κ1) is 25.0. The Kier molecular flexibility index (Phi) is 7.30. The quantitative estimate of drug-likeness (QED) is 0.431. The van der Waals surface area contributed by atoms with Crippen molar-refractivity contribution in [3.05, 3.63) is 94.5 Å². The molecule has 0 saturated heterocycles. The Balaban J connectivity index is 1.33. The smallest absolute Gasteiger partial charge is 0.262 e. The van der Waals surface area contributed by atoms with Gasteiger partial charge in [0.1, 0.15) is 11.0 Å². The summed E-state index contributed by atoms with van der Waals surface area (Å²) < 4.78 is 5.15. The molecule has 0 spiro atoms. The lowest BCUT2D eigenvalue weighted by Gasteiger charge is -2.23. The van der Waals surface area contributed by atoms with Gasteiger partial charge in [-0.1, -0.05) is 65.3 Å². The molecule has 0 fully saturated rings. The molecule has 0 aromatic heterocycles. The molecular formula is C28H25ClN4O3S. The first-order valence-corrected chi connectivity index (χ1v) is 13.1. The zero-order valence-electron chi connectivity index (χ0n) is 20.3. The molecule has 5 rings (SSSR count). The van der Waals surface area contributed by atoms with E-state index in [2.05, 4.69) is 22.4 Å². The van der Waals surface area contributed by atoms with Crippen molar-refractivity contribution in [1.29, 1.82) is 0 Å². The highest BCUT2D eigenvalue weighted by atomic mass is 35.5. The van der Waals surface area contributed by atoms with Crippen molar-refractivity contribution >= 4 is 51.7 Å². The van der Waals surface area contributed by atoms with Crippen molar-refractivity contribution < 1.29 is 14.3 Å². The fraction of sp³-hybridized carbons (Fsp3) is 0.214. The Labute approximate surface area is 224 Å². The molecule has 2 amide bonds. The van der Waals surface area contributed by atoms with E-state index in [1.165, 1.54) is 17.3 Å². The maximum Gasteiger partial charge on any atom is 0.262 e. The predicted molar refractivity (Wildman–Crippen MR) is 148 cm³/mol. The average molecular weight is 533 g/mol. The largest absolute Gasteiger partial charge is 0.497 e. The van der Waals surface area contributed by atoms with Crippen molar-refractivity contribution in [3.63, 3.8) is 0 Å². The van der Waals surface area contributed by atoms with Crippen molar-refractivity contribution in [2.45, 2.75) is 31.1 Å². The summed E-state index contributed by atoms with van der Waals surface area (Å²) in [5.41, 5.74) is 4.71. The second-order valence-corrected chi connectivity index (χ2v) is 10.5. The van der Waals surface area contributed by atoms with E-state index < -0.39 is 5.25 Å². The molecule has 2 heterocycles. The number of thioether (sulfide) groups is 1. The van der Waals surface area contributed by atoms with Gasteiger partial charge in [-0.3, -0.25) is 9.59 Å². The van der Waals surface area contributed by atoms with Crippen LogP contribution in [0.5, 0.6) is 5.75 Å². The molecule has 2 aliphatic rings. The first-order chi connectivity index (χ1) is 17.9. The third kappa shape index (κ3) is 5.70. The topological polar surface area (TPSA) is 83.4 Å². The number of carbonyl (C=O) groups is 2. The van der Waals surface area contributed by atoms with E-state index in [0.717, 1.165) is 16.8 Å². The Morgan fingerprint density at radius 2 is 1.89 bits per heavy atom. The molecule has 2 aliphatic heterocycles. The van der Waals surface area contributed by atoms with Gasteiger partial charge in [0.25, 0.3) is 5.91 Å². The summed E-state index contributed by atoms with van der Waals surface area (Å²) in [6.07, 6.45) is 0.645.